The molecule has 0 amide bonds. The Bertz CT molecular complexity index is 525. The van der Waals surface area contributed by atoms with Gasteiger partial charge < -0.3 is 5.73 Å². The van der Waals surface area contributed by atoms with E-state index in [1.807, 2.05) is 0 Å². The molecule has 3 nitrogen and oxygen atoms in total. The maximum absolute atomic E-state index is 6.16. The van der Waals surface area contributed by atoms with Crippen LogP contribution in [0.5, 0.6) is 0 Å². The zero-order chi connectivity index (χ0) is 13.7. The Kier molecular flexibility index (Phi) is 3.24. The molecule has 0 aliphatic heterocycles. The summed E-state index contributed by atoms with van der Waals surface area (Å²) in [6.07, 6.45) is 10.6. The topological polar surface area (TPSA) is 51.8 Å². The molecule has 108 valence electrons. The molecule has 1 aromatic heterocycles. The summed E-state index contributed by atoms with van der Waals surface area (Å²) < 4.78 is 0.955. The second-order valence-electron chi connectivity index (χ2n) is 6.93. The highest BCUT2D eigenvalue weighted by molar-refractivity contribution is 9.10. The second-order valence-corrected chi connectivity index (χ2v) is 7.72. The van der Waals surface area contributed by atoms with Crippen LogP contribution in [0.25, 0.3) is 0 Å². The van der Waals surface area contributed by atoms with Crippen LogP contribution in [0.3, 0.4) is 0 Å². The predicted molar refractivity (Wildman–Crippen MR) is 83.5 cm³/mol. The quantitative estimate of drug-likeness (QED) is 0.872. The lowest BCUT2D eigenvalue weighted by molar-refractivity contribution is 0.404. The van der Waals surface area contributed by atoms with E-state index in [0.29, 0.717) is 17.7 Å². The summed E-state index contributed by atoms with van der Waals surface area (Å²) in [4.78, 5) is 9.60. The first-order valence-corrected chi connectivity index (χ1v) is 8.84. The molecule has 0 aromatic carbocycles. The van der Waals surface area contributed by atoms with E-state index in [1.165, 1.54) is 57.1 Å². The first-order chi connectivity index (χ1) is 9.72. The summed E-state index contributed by atoms with van der Waals surface area (Å²) in [6, 6.07) is 0. The van der Waals surface area contributed by atoms with E-state index in [9.17, 15) is 0 Å². The van der Waals surface area contributed by atoms with Gasteiger partial charge in [-0.2, -0.15) is 0 Å². The lowest BCUT2D eigenvalue weighted by Gasteiger charge is -2.22. The van der Waals surface area contributed by atoms with E-state index < -0.39 is 0 Å². The summed E-state index contributed by atoms with van der Waals surface area (Å²) in [5.74, 6) is 4.60. The highest BCUT2D eigenvalue weighted by atomic mass is 79.9. The summed E-state index contributed by atoms with van der Waals surface area (Å²) >= 11 is 3.62. The average Bonchev–Trinajstić information content (AvgIpc) is 3.18. The Morgan fingerprint density at radius 2 is 1.80 bits per heavy atom. The van der Waals surface area contributed by atoms with E-state index >= 15 is 0 Å². The number of halogens is 1. The van der Waals surface area contributed by atoms with Crippen LogP contribution >= 0.6 is 15.9 Å². The van der Waals surface area contributed by atoms with Crippen molar-refractivity contribution >= 4 is 21.7 Å². The Labute approximate surface area is 128 Å². The number of aromatic nitrogens is 2. The maximum atomic E-state index is 6.16. The van der Waals surface area contributed by atoms with Crippen LogP contribution in [-0.4, -0.2) is 9.97 Å². The van der Waals surface area contributed by atoms with Gasteiger partial charge in [-0.1, -0.05) is 19.3 Å². The average molecular weight is 336 g/mol. The van der Waals surface area contributed by atoms with E-state index in [2.05, 4.69) is 20.9 Å². The molecule has 3 saturated carbocycles. The third-order valence-corrected chi connectivity index (χ3v) is 6.54. The summed E-state index contributed by atoms with van der Waals surface area (Å²) in [5.41, 5.74) is 7.34. The largest absolute Gasteiger partial charge is 0.383 e. The summed E-state index contributed by atoms with van der Waals surface area (Å²) in [6.45, 7) is 0. The number of anilines is 1. The maximum Gasteiger partial charge on any atom is 0.141 e. The normalized spacial score (nSPS) is 33.1. The molecule has 3 aliphatic rings. The van der Waals surface area contributed by atoms with Crippen molar-refractivity contribution in [1.82, 2.24) is 9.97 Å². The molecule has 3 fully saturated rings. The van der Waals surface area contributed by atoms with Crippen LogP contribution < -0.4 is 5.73 Å². The zero-order valence-corrected chi connectivity index (χ0v) is 13.4. The molecule has 0 radical (unpaired) electrons. The van der Waals surface area contributed by atoms with Crippen LogP contribution in [0, 0.1) is 11.8 Å². The Morgan fingerprint density at radius 3 is 2.45 bits per heavy atom. The van der Waals surface area contributed by atoms with E-state index in [1.54, 1.807) is 0 Å². The van der Waals surface area contributed by atoms with Crippen molar-refractivity contribution in [2.75, 3.05) is 5.73 Å². The Hall–Kier alpha value is -0.640. The molecular formula is C16H22BrN3. The van der Waals surface area contributed by atoms with E-state index in [4.69, 9.17) is 10.7 Å². The molecule has 3 aliphatic carbocycles. The fraction of sp³-hybridized carbons (Fsp3) is 0.750. The van der Waals surface area contributed by atoms with Gasteiger partial charge in [0.2, 0.25) is 0 Å². The van der Waals surface area contributed by atoms with Gasteiger partial charge in [0.15, 0.2) is 0 Å². The molecule has 1 aromatic rings. The van der Waals surface area contributed by atoms with Crippen molar-refractivity contribution in [2.24, 2.45) is 11.8 Å². The molecule has 3 unspecified atom stereocenters. The molecule has 2 N–H and O–H groups in total. The second kappa shape index (κ2) is 4.97. The minimum atomic E-state index is 0.573. The van der Waals surface area contributed by atoms with Gasteiger partial charge in [-0.15, -0.1) is 0 Å². The van der Waals surface area contributed by atoms with Gasteiger partial charge >= 0.3 is 0 Å². The van der Waals surface area contributed by atoms with Gasteiger partial charge in [0.25, 0.3) is 0 Å². The van der Waals surface area contributed by atoms with Crippen LogP contribution in [0.15, 0.2) is 4.47 Å². The van der Waals surface area contributed by atoms with Gasteiger partial charge in [-0.3, -0.25) is 0 Å². The van der Waals surface area contributed by atoms with Crippen LogP contribution in [0.1, 0.15) is 74.7 Å². The standard InChI is InChI=1S/C16H22BrN3/c17-13-14(10-3-1-2-4-10)19-16(20-15(13)18)12-8-9-5-6-11(12)7-9/h9-12H,1-8H2,(H2,18,19,20). The smallest absolute Gasteiger partial charge is 0.141 e. The number of hydrogen-bond donors (Lipinski definition) is 1. The van der Waals surface area contributed by atoms with Gasteiger partial charge in [0.1, 0.15) is 11.6 Å². The fourth-order valence-electron chi connectivity index (χ4n) is 4.70. The summed E-state index contributed by atoms with van der Waals surface area (Å²) in [5, 5.41) is 0. The molecule has 4 rings (SSSR count). The van der Waals surface area contributed by atoms with Crippen LogP contribution in [-0.2, 0) is 0 Å². The number of nitrogens with two attached hydrogens (primary N) is 1. The Morgan fingerprint density at radius 1 is 1.00 bits per heavy atom. The molecule has 3 atom stereocenters. The van der Waals surface area contributed by atoms with Crippen molar-refractivity contribution in [3.05, 3.63) is 16.0 Å². The molecule has 4 heteroatoms. The fourth-order valence-corrected chi connectivity index (χ4v) is 5.20. The molecule has 1 heterocycles. The predicted octanol–water partition coefficient (Wildman–Crippen LogP) is 4.38. The van der Waals surface area contributed by atoms with Gasteiger partial charge in [-0.25, -0.2) is 9.97 Å². The van der Waals surface area contributed by atoms with Crippen molar-refractivity contribution in [1.29, 1.82) is 0 Å². The van der Waals surface area contributed by atoms with Gasteiger partial charge in [0, 0.05) is 11.8 Å². The monoisotopic (exact) mass is 335 g/mol. The molecule has 0 saturated heterocycles. The minimum Gasteiger partial charge on any atom is -0.383 e. The lowest BCUT2D eigenvalue weighted by atomic mass is 9.88. The van der Waals surface area contributed by atoms with E-state index in [0.717, 1.165) is 22.1 Å². The highest BCUT2D eigenvalue weighted by Crippen LogP contribution is 2.52. The first kappa shape index (κ1) is 13.1. The van der Waals surface area contributed by atoms with Crippen molar-refractivity contribution < 1.29 is 0 Å². The molecule has 20 heavy (non-hydrogen) atoms. The van der Waals surface area contributed by atoms with Crippen molar-refractivity contribution in [3.63, 3.8) is 0 Å². The van der Waals surface area contributed by atoms with Crippen LogP contribution in [0.2, 0.25) is 0 Å². The van der Waals surface area contributed by atoms with Crippen molar-refractivity contribution in [3.8, 4) is 0 Å². The molecule has 2 bridgehead atoms. The molecular weight excluding hydrogens is 314 g/mol. The minimum absolute atomic E-state index is 0.573. The number of nitrogen functional groups attached to an aromatic ring is 1. The number of fused-ring (bicyclic) bond motifs is 2. The number of hydrogen-bond acceptors (Lipinski definition) is 3. The SMILES string of the molecule is Nc1nc(C2CC3CCC2C3)nc(C2CCCC2)c1Br. The van der Waals surface area contributed by atoms with Gasteiger partial charge in [0.05, 0.1) is 10.2 Å². The number of nitrogens with zero attached hydrogens (tertiary/aromatic N) is 2. The summed E-state index contributed by atoms with van der Waals surface area (Å²) in [7, 11) is 0. The van der Waals surface area contributed by atoms with Crippen molar-refractivity contribution in [2.45, 2.75) is 63.2 Å². The van der Waals surface area contributed by atoms with E-state index in [-0.39, 0.29) is 0 Å². The third kappa shape index (κ3) is 2.07. The third-order valence-electron chi connectivity index (χ3n) is 5.73. The number of rotatable bonds is 2. The molecule has 0 spiro atoms. The first-order valence-electron chi connectivity index (χ1n) is 8.05. The highest BCUT2D eigenvalue weighted by Gasteiger charge is 2.42. The lowest BCUT2D eigenvalue weighted by Crippen LogP contribution is -2.15. The van der Waals surface area contributed by atoms with Crippen LogP contribution in [0.4, 0.5) is 5.82 Å². The Balaban J connectivity index is 1.69. The van der Waals surface area contributed by atoms with Gasteiger partial charge in [-0.05, 0) is 59.9 Å². The zero-order valence-electron chi connectivity index (χ0n) is 11.8.